The molecule has 3 aromatic carbocycles. The number of fused-ring (bicyclic) bond motifs is 1. The van der Waals surface area contributed by atoms with Crippen LogP contribution >= 0.6 is 11.6 Å². The number of hydrogen-bond donors (Lipinski definition) is 1. The average Bonchev–Trinajstić information content (AvgIpc) is 2.83. The van der Waals surface area contributed by atoms with Gasteiger partial charge in [0, 0.05) is 5.02 Å². The topological polar surface area (TPSA) is 84.9 Å². The summed E-state index contributed by atoms with van der Waals surface area (Å²) < 4.78 is 39.5. The van der Waals surface area contributed by atoms with Gasteiger partial charge in [-0.25, -0.2) is 8.42 Å². The Bertz CT molecular complexity index is 1290. The zero-order valence-electron chi connectivity index (χ0n) is 18.8. The van der Waals surface area contributed by atoms with Crippen LogP contribution in [0.5, 0.6) is 11.5 Å². The Morgan fingerprint density at radius 1 is 1.09 bits per heavy atom. The minimum absolute atomic E-state index is 0.0783. The number of para-hydroxylation sites is 2. The van der Waals surface area contributed by atoms with E-state index < -0.39 is 22.0 Å². The van der Waals surface area contributed by atoms with E-state index in [0.717, 1.165) is 11.3 Å². The van der Waals surface area contributed by atoms with Crippen molar-refractivity contribution in [1.29, 1.82) is 0 Å². The van der Waals surface area contributed by atoms with E-state index in [-0.39, 0.29) is 24.6 Å². The maximum Gasteiger partial charge on any atom is 0.264 e. The molecule has 0 fully saturated rings. The molecule has 9 heteroatoms. The SMILES string of the molecule is Cc1ccc(OCCNC(=O)C2CN(S(=O)(=O)c3ccc(Cl)cc3)c3ccccc3O2)cc1C. The van der Waals surface area contributed by atoms with Gasteiger partial charge in [0.1, 0.15) is 18.1 Å². The molecule has 1 unspecified atom stereocenters. The van der Waals surface area contributed by atoms with Crippen LogP contribution in [0.3, 0.4) is 0 Å². The summed E-state index contributed by atoms with van der Waals surface area (Å²) in [6, 6.07) is 18.4. The number of carbonyl (C=O) groups excluding carboxylic acids is 1. The maximum absolute atomic E-state index is 13.4. The van der Waals surface area contributed by atoms with Gasteiger partial charge in [-0.1, -0.05) is 29.8 Å². The fourth-order valence-electron chi connectivity index (χ4n) is 3.56. The summed E-state index contributed by atoms with van der Waals surface area (Å²) in [6.07, 6.45) is -1.02. The van der Waals surface area contributed by atoms with Crippen LogP contribution < -0.4 is 19.1 Å². The van der Waals surface area contributed by atoms with E-state index in [1.165, 1.54) is 34.1 Å². The molecule has 178 valence electrons. The Morgan fingerprint density at radius 3 is 2.56 bits per heavy atom. The molecule has 0 saturated carbocycles. The number of carbonyl (C=O) groups is 1. The van der Waals surface area contributed by atoms with Crippen LogP contribution in [-0.2, 0) is 14.8 Å². The molecule has 0 aliphatic carbocycles. The van der Waals surface area contributed by atoms with Gasteiger partial charge in [-0.15, -0.1) is 0 Å². The molecule has 0 saturated heterocycles. The van der Waals surface area contributed by atoms with Crippen molar-refractivity contribution in [3.8, 4) is 11.5 Å². The first-order chi connectivity index (χ1) is 16.3. The number of sulfonamides is 1. The number of benzene rings is 3. The van der Waals surface area contributed by atoms with Crippen molar-refractivity contribution in [3.05, 3.63) is 82.9 Å². The largest absolute Gasteiger partial charge is 0.492 e. The van der Waals surface area contributed by atoms with Crippen molar-refractivity contribution >= 4 is 33.2 Å². The van der Waals surface area contributed by atoms with Crippen molar-refractivity contribution in [2.75, 3.05) is 24.0 Å². The van der Waals surface area contributed by atoms with Gasteiger partial charge in [-0.3, -0.25) is 9.10 Å². The van der Waals surface area contributed by atoms with Gasteiger partial charge in [0.05, 0.1) is 23.7 Å². The fraction of sp³-hybridized carbons (Fsp3) is 0.240. The molecule has 1 N–H and O–H groups in total. The molecular formula is C25H25ClN2O5S. The molecule has 1 aliphatic heterocycles. The molecule has 0 spiro atoms. The highest BCUT2D eigenvalue weighted by Gasteiger charge is 2.37. The highest BCUT2D eigenvalue weighted by Crippen LogP contribution is 2.36. The first kappa shape index (κ1) is 23.9. The van der Waals surface area contributed by atoms with Crippen molar-refractivity contribution in [1.82, 2.24) is 5.32 Å². The van der Waals surface area contributed by atoms with Crippen molar-refractivity contribution in [3.63, 3.8) is 0 Å². The molecule has 0 aromatic heterocycles. The number of hydrogen-bond acceptors (Lipinski definition) is 5. The van der Waals surface area contributed by atoms with Gasteiger partial charge in [-0.05, 0) is 73.5 Å². The lowest BCUT2D eigenvalue weighted by molar-refractivity contribution is -0.127. The number of amides is 1. The van der Waals surface area contributed by atoms with Crippen LogP contribution in [0.15, 0.2) is 71.6 Å². The van der Waals surface area contributed by atoms with Gasteiger partial charge in [0.15, 0.2) is 6.10 Å². The molecule has 1 heterocycles. The van der Waals surface area contributed by atoms with E-state index in [4.69, 9.17) is 21.1 Å². The third-order valence-corrected chi connectivity index (χ3v) is 7.62. The minimum Gasteiger partial charge on any atom is -0.492 e. The maximum atomic E-state index is 13.4. The monoisotopic (exact) mass is 500 g/mol. The van der Waals surface area contributed by atoms with Gasteiger partial charge >= 0.3 is 0 Å². The molecule has 0 bridgehead atoms. The molecule has 1 amide bonds. The van der Waals surface area contributed by atoms with Gasteiger partial charge in [-0.2, -0.15) is 0 Å². The predicted octanol–water partition coefficient (Wildman–Crippen LogP) is 4.11. The number of ether oxygens (including phenoxy) is 2. The lowest BCUT2D eigenvalue weighted by atomic mass is 10.1. The summed E-state index contributed by atoms with van der Waals surface area (Å²) in [7, 11) is -3.94. The van der Waals surface area contributed by atoms with E-state index in [1.54, 1.807) is 24.3 Å². The third-order valence-electron chi connectivity index (χ3n) is 5.58. The Labute approximate surface area is 204 Å². The first-order valence-corrected chi connectivity index (χ1v) is 12.6. The van der Waals surface area contributed by atoms with E-state index in [0.29, 0.717) is 16.5 Å². The van der Waals surface area contributed by atoms with Gasteiger partial charge in [0.25, 0.3) is 15.9 Å². The van der Waals surface area contributed by atoms with Crippen LogP contribution in [0.4, 0.5) is 5.69 Å². The third kappa shape index (κ3) is 5.13. The van der Waals surface area contributed by atoms with Gasteiger partial charge < -0.3 is 14.8 Å². The minimum atomic E-state index is -3.94. The molecule has 3 aromatic rings. The number of anilines is 1. The standard InChI is InChI=1S/C25H25ClN2O5S/c1-17-7-10-20(15-18(17)2)32-14-13-27-25(29)24-16-28(22-5-3-4-6-23(22)33-24)34(30,31)21-11-8-19(26)9-12-21/h3-12,15,24H,13-14,16H2,1-2H3,(H,27,29). The second-order valence-electron chi connectivity index (χ2n) is 7.95. The van der Waals surface area contributed by atoms with E-state index in [1.807, 2.05) is 32.0 Å². The summed E-state index contributed by atoms with van der Waals surface area (Å²) in [5, 5.41) is 3.20. The second-order valence-corrected chi connectivity index (χ2v) is 10.2. The normalized spacial score (nSPS) is 15.3. The van der Waals surface area contributed by atoms with Crippen molar-refractivity contribution in [2.45, 2.75) is 24.8 Å². The van der Waals surface area contributed by atoms with Crippen LogP contribution in [-0.4, -0.2) is 40.1 Å². The number of aryl methyl sites for hydroxylation is 2. The summed E-state index contributed by atoms with van der Waals surface area (Å²) in [6.45, 7) is 4.39. The summed E-state index contributed by atoms with van der Waals surface area (Å²) in [4.78, 5) is 12.9. The van der Waals surface area contributed by atoms with Crippen LogP contribution in [0.1, 0.15) is 11.1 Å². The van der Waals surface area contributed by atoms with Crippen LogP contribution in [0.25, 0.3) is 0 Å². The smallest absolute Gasteiger partial charge is 0.264 e. The van der Waals surface area contributed by atoms with Crippen LogP contribution in [0, 0.1) is 13.8 Å². The van der Waals surface area contributed by atoms with Crippen molar-refractivity contribution < 1.29 is 22.7 Å². The Balaban J connectivity index is 1.45. The van der Waals surface area contributed by atoms with E-state index in [9.17, 15) is 13.2 Å². The highest BCUT2D eigenvalue weighted by molar-refractivity contribution is 7.92. The fourth-order valence-corrected chi connectivity index (χ4v) is 5.16. The first-order valence-electron chi connectivity index (χ1n) is 10.8. The Hall–Kier alpha value is -3.23. The number of halogens is 1. The second kappa shape index (κ2) is 9.95. The molecule has 4 rings (SSSR count). The number of nitrogens with zero attached hydrogens (tertiary/aromatic N) is 1. The number of rotatable bonds is 7. The highest BCUT2D eigenvalue weighted by atomic mass is 35.5. The zero-order chi connectivity index (χ0) is 24.3. The summed E-state index contributed by atoms with van der Waals surface area (Å²) >= 11 is 5.92. The average molecular weight is 501 g/mol. The predicted molar refractivity (Wildman–Crippen MR) is 131 cm³/mol. The summed E-state index contributed by atoms with van der Waals surface area (Å²) in [5.41, 5.74) is 2.67. The quantitative estimate of drug-likeness (QED) is 0.493. The molecule has 34 heavy (non-hydrogen) atoms. The lowest BCUT2D eigenvalue weighted by Gasteiger charge is -2.34. The molecule has 1 atom stereocenters. The van der Waals surface area contributed by atoms with Crippen molar-refractivity contribution in [2.24, 2.45) is 0 Å². The zero-order valence-corrected chi connectivity index (χ0v) is 20.4. The number of nitrogens with one attached hydrogen (secondary N) is 1. The van der Waals surface area contributed by atoms with E-state index >= 15 is 0 Å². The molecule has 0 radical (unpaired) electrons. The van der Waals surface area contributed by atoms with E-state index in [2.05, 4.69) is 5.32 Å². The Morgan fingerprint density at radius 2 is 1.82 bits per heavy atom. The molecule has 1 aliphatic rings. The lowest BCUT2D eigenvalue weighted by Crippen LogP contribution is -2.51. The summed E-state index contributed by atoms with van der Waals surface area (Å²) in [5.74, 6) is 0.618. The Kier molecular flexibility index (Phi) is 7.00. The molecular weight excluding hydrogens is 476 g/mol. The van der Waals surface area contributed by atoms with Gasteiger partial charge in [0.2, 0.25) is 0 Å². The van der Waals surface area contributed by atoms with Crippen LogP contribution in [0.2, 0.25) is 5.02 Å². The molecule has 7 nitrogen and oxygen atoms in total.